The highest BCUT2D eigenvalue weighted by Gasteiger charge is 2.42. The van der Waals surface area contributed by atoms with E-state index in [0.29, 0.717) is 11.1 Å². The van der Waals surface area contributed by atoms with E-state index in [1.165, 1.54) is 0 Å². The van der Waals surface area contributed by atoms with E-state index in [9.17, 15) is 9.59 Å². The molecule has 0 aromatic heterocycles. The van der Waals surface area contributed by atoms with Gasteiger partial charge in [-0.25, -0.2) is 0 Å². The van der Waals surface area contributed by atoms with Crippen molar-refractivity contribution in [3.05, 3.63) is 59.7 Å². The molecule has 2 saturated carbocycles. The maximum atomic E-state index is 13.0. The Morgan fingerprint density at radius 2 is 1.63 bits per heavy atom. The summed E-state index contributed by atoms with van der Waals surface area (Å²) in [5, 5.41) is 12.1. The first-order chi connectivity index (χ1) is 14.4. The Labute approximate surface area is 177 Å². The number of nitrogens with one attached hydrogen (secondary N) is 1. The summed E-state index contributed by atoms with van der Waals surface area (Å²) in [6.07, 6.45) is 4.55. The molecule has 0 unspecified atom stereocenters. The van der Waals surface area contributed by atoms with Gasteiger partial charge in [0, 0.05) is 30.1 Å². The quantitative estimate of drug-likeness (QED) is 0.818. The second-order valence-corrected chi connectivity index (χ2v) is 8.90. The van der Waals surface area contributed by atoms with Crippen molar-refractivity contribution in [3.63, 3.8) is 0 Å². The number of rotatable bonds is 5. The van der Waals surface area contributed by atoms with E-state index in [-0.39, 0.29) is 29.3 Å². The lowest BCUT2D eigenvalue weighted by atomic mass is 10.0. The monoisotopic (exact) mass is 401 g/mol. The molecule has 0 saturated heterocycles. The molecule has 0 aliphatic heterocycles. The van der Waals surface area contributed by atoms with Gasteiger partial charge in [-0.1, -0.05) is 24.3 Å². The van der Waals surface area contributed by atoms with Crippen LogP contribution in [-0.4, -0.2) is 35.3 Å². The van der Waals surface area contributed by atoms with Crippen molar-refractivity contribution in [3.8, 4) is 17.2 Å². The van der Waals surface area contributed by atoms with Crippen LogP contribution < -0.4 is 5.32 Å². The summed E-state index contributed by atoms with van der Waals surface area (Å²) in [4.78, 5) is 27.3. The van der Waals surface area contributed by atoms with Gasteiger partial charge in [0.2, 0.25) is 5.91 Å². The van der Waals surface area contributed by atoms with Crippen LogP contribution in [0.4, 0.5) is 0 Å². The number of hydrogen-bond acceptors (Lipinski definition) is 3. The lowest BCUT2D eigenvalue weighted by Crippen LogP contribution is -2.39. The van der Waals surface area contributed by atoms with Gasteiger partial charge in [-0.2, -0.15) is 5.26 Å². The fourth-order valence-electron chi connectivity index (χ4n) is 4.17. The van der Waals surface area contributed by atoms with E-state index in [2.05, 4.69) is 18.3 Å². The molecule has 2 amide bonds. The number of nitrogens with zero attached hydrogens (tertiary/aromatic N) is 2. The van der Waals surface area contributed by atoms with Crippen LogP contribution in [0.3, 0.4) is 0 Å². The fraction of sp³-hybridized carbons (Fsp3) is 0.400. The van der Waals surface area contributed by atoms with Gasteiger partial charge in [-0.15, -0.1) is 0 Å². The zero-order valence-corrected chi connectivity index (χ0v) is 17.5. The van der Waals surface area contributed by atoms with E-state index >= 15 is 0 Å². The second-order valence-electron chi connectivity index (χ2n) is 8.90. The zero-order valence-electron chi connectivity index (χ0n) is 17.5. The van der Waals surface area contributed by atoms with E-state index < -0.39 is 0 Å². The van der Waals surface area contributed by atoms with E-state index in [4.69, 9.17) is 5.26 Å². The number of carbonyl (C=O) groups excluding carboxylic acids is 2. The third-order valence-corrected chi connectivity index (χ3v) is 6.55. The second kappa shape index (κ2) is 7.95. The smallest absolute Gasteiger partial charge is 0.253 e. The molecular weight excluding hydrogens is 374 g/mol. The van der Waals surface area contributed by atoms with Crippen molar-refractivity contribution >= 4 is 11.8 Å². The van der Waals surface area contributed by atoms with Crippen molar-refractivity contribution in [2.45, 2.75) is 50.6 Å². The van der Waals surface area contributed by atoms with Gasteiger partial charge in [0.05, 0.1) is 11.6 Å². The highest BCUT2D eigenvalue weighted by molar-refractivity contribution is 5.95. The van der Waals surface area contributed by atoms with Gasteiger partial charge in [-0.3, -0.25) is 9.59 Å². The SMILES string of the molecule is CN(C(=O)c1ccc(-c2ccc(C#N)cc2)cc1)[C@@H]1CC[C@H](C(=O)NC2(C)CC2)C1. The summed E-state index contributed by atoms with van der Waals surface area (Å²) in [5.74, 6) is 0.133. The van der Waals surface area contributed by atoms with Gasteiger partial charge in [0.15, 0.2) is 0 Å². The molecule has 0 radical (unpaired) electrons. The summed E-state index contributed by atoms with van der Waals surface area (Å²) in [5.41, 5.74) is 3.29. The van der Waals surface area contributed by atoms with Crippen LogP contribution in [0.15, 0.2) is 48.5 Å². The number of carbonyl (C=O) groups is 2. The largest absolute Gasteiger partial charge is 0.351 e. The molecule has 2 aromatic carbocycles. The van der Waals surface area contributed by atoms with Crippen LogP contribution in [0, 0.1) is 17.2 Å². The Balaban J connectivity index is 1.37. The Morgan fingerprint density at radius 1 is 1.03 bits per heavy atom. The van der Waals surface area contributed by atoms with E-state index in [1.54, 1.807) is 17.0 Å². The van der Waals surface area contributed by atoms with Crippen molar-refractivity contribution in [1.29, 1.82) is 5.26 Å². The molecule has 5 heteroatoms. The molecule has 2 atom stereocenters. The molecular formula is C25H27N3O2. The van der Waals surface area contributed by atoms with Crippen LogP contribution >= 0.6 is 0 Å². The lowest BCUT2D eigenvalue weighted by molar-refractivity contribution is -0.125. The molecule has 0 heterocycles. The fourth-order valence-corrected chi connectivity index (χ4v) is 4.17. The predicted molar refractivity (Wildman–Crippen MR) is 116 cm³/mol. The van der Waals surface area contributed by atoms with Crippen LogP contribution in [-0.2, 0) is 4.79 Å². The first kappa shape index (κ1) is 20.2. The molecule has 2 fully saturated rings. The number of benzene rings is 2. The summed E-state index contributed by atoms with van der Waals surface area (Å²) < 4.78 is 0. The van der Waals surface area contributed by atoms with Crippen LogP contribution in [0.5, 0.6) is 0 Å². The van der Waals surface area contributed by atoms with Crippen molar-refractivity contribution in [1.82, 2.24) is 10.2 Å². The first-order valence-electron chi connectivity index (χ1n) is 10.6. The van der Waals surface area contributed by atoms with Crippen molar-refractivity contribution < 1.29 is 9.59 Å². The van der Waals surface area contributed by atoms with E-state index in [0.717, 1.165) is 43.2 Å². The maximum absolute atomic E-state index is 13.0. The molecule has 2 aromatic rings. The summed E-state index contributed by atoms with van der Waals surface area (Å²) in [6, 6.07) is 17.2. The molecule has 30 heavy (non-hydrogen) atoms. The van der Waals surface area contributed by atoms with Gasteiger partial charge in [0.1, 0.15) is 0 Å². The predicted octanol–water partition coefficient (Wildman–Crippen LogP) is 4.13. The molecule has 2 aliphatic carbocycles. The molecule has 0 bridgehead atoms. The third kappa shape index (κ3) is 4.23. The van der Waals surface area contributed by atoms with Crippen molar-refractivity contribution in [2.75, 3.05) is 7.05 Å². The molecule has 5 nitrogen and oxygen atoms in total. The normalized spacial score (nSPS) is 21.5. The number of nitriles is 1. The molecule has 1 N–H and O–H groups in total. The standard InChI is InChI=1S/C25H27N3O2/c1-25(13-14-25)27-23(29)21-11-12-22(15-21)28(2)24(30)20-9-7-19(8-10-20)18-5-3-17(16-26)4-6-18/h3-10,21-22H,11-15H2,1-2H3,(H,27,29)/t21-,22+/m0/s1. The highest BCUT2D eigenvalue weighted by Crippen LogP contribution is 2.36. The molecule has 154 valence electrons. The van der Waals surface area contributed by atoms with Gasteiger partial charge in [-0.05, 0) is 74.4 Å². The lowest BCUT2D eigenvalue weighted by Gasteiger charge is -2.25. The number of hydrogen-bond donors (Lipinski definition) is 1. The third-order valence-electron chi connectivity index (χ3n) is 6.55. The average Bonchev–Trinajstić information content (AvgIpc) is 3.29. The minimum atomic E-state index is -0.0124. The van der Waals surface area contributed by atoms with Crippen LogP contribution in [0.25, 0.3) is 11.1 Å². The molecule has 0 spiro atoms. The topological polar surface area (TPSA) is 73.2 Å². The van der Waals surface area contributed by atoms with Crippen LogP contribution in [0.1, 0.15) is 54.9 Å². The molecule has 2 aliphatic rings. The summed E-state index contributed by atoms with van der Waals surface area (Å²) >= 11 is 0. The van der Waals surface area contributed by atoms with E-state index in [1.807, 2.05) is 43.4 Å². The Bertz CT molecular complexity index is 985. The Kier molecular flexibility index (Phi) is 5.34. The first-order valence-corrected chi connectivity index (χ1v) is 10.6. The summed E-state index contributed by atoms with van der Waals surface area (Å²) in [7, 11) is 1.84. The molecule has 4 rings (SSSR count). The highest BCUT2D eigenvalue weighted by atomic mass is 16.2. The Morgan fingerprint density at radius 3 is 2.20 bits per heavy atom. The summed E-state index contributed by atoms with van der Waals surface area (Å²) in [6.45, 7) is 2.09. The van der Waals surface area contributed by atoms with Gasteiger partial charge < -0.3 is 10.2 Å². The maximum Gasteiger partial charge on any atom is 0.253 e. The zero-order chi connectivity index (χ0) is 21.3. The van der Waals surface area contributed by atoms with Crippen molar-refractivity contribution in [2.24, 2.45) is 5.92 Å². The van der Waals surface area contributed by atoms with Crippen LogP contribution in [0.2, 0.25) is 0 Å². The average molecular weight is 402 g/mol. The minimum absolute atomic E-state index is 0.00133. The minimum Gasteiger partial charge on any atom is -0.351 e. The van der Waals surface area contributed by atoms with Gasteiger partial charge in [0.25, 0.3) is 5.91 Å². The van der Waals surface area contributed by atoms with Gasteiger partial charge >= 0.3 is 0 Å². The Hall–Kier alpha value is -3.13. The number of amides is 2.